The van der Waals surface area contributed by atoms with E-state index >= 15 is 0 Å². The van der Waals surface area contributed by atoms with Gasteiger partial charge < -0.3 is 26.0 Å². The highest BCUT2D eigenvalue weighted by atomic mass is 16.5. The summed E-state index contributed by atoms with van der Waals surface area (Å²) >= 11 is 0. The lowest BCUT2D eigenvalue weighted by molar-refractivity contribution is -0.126. The summed E-state index contributed by atoms with van der Waals surface area (Å²) in [4.78, 5) is 11.5. The van der Waals surface area contributed by atoms with Crippen molar-refractivity contribution in [3.8, 4) is 0 Å². The Hall–Kier alpha value is -0.690. The molecule has 0 aliphatic heterocycles. The molecule has 1 unspecified atom stereocenters. The molecule has 0 bridgehead atoms. The molecular formula is C9H20N2O4. The van der Waals surface area contributed by atoms with Crippen molar-refractivity contribution in [2.75, 3.05) is 26.9 Å². The highest BCUT2D eigenvalue weighted by Crippen LogP contribution is 2.08. The van der Waals surface area contributed by atoms with Crippen molar-refractivity contribution in [2.24, 2.45) is 5.73 Å². The van der Waals surface area contributed by atoms with Crippen molar-refractivity contribution < 1.29 is 19.7 Å². The van der Waals surface area contributed by atoms with E-state index in [2.05, 4.69) is 5.32 Å². The van der Waals surface area contributed by atoms with Crippen LogP contribution in [0.15, 0.2) is 0 Å². The number of carbonyl (C=O) groups is 1. The molecule has 15 heavy (non-hydrogen) atoms. The van der Waals surface area contributed by atoms with Crippen molar-refractivity contribution in [1.82, 2.24) is 5.32 Å². The van der Waals surface area contributed by atoms with E-state index < -0.39 is 17.5 Å². The molecule has 0 rings (SSSR count). The molecule has 0 heterocycles. The van der Waals surface area contributed by atoms with Crippen LogP contribution in [0.5, 0.6) is 0 Å². The van der Waals surface area contributed by atoms with Crippen LogP contribution in [0.2, 0.25) is 0 Å². The van der Waals surface area contributed by atoms with E-state index in [1.54, 1.807) is 6.92 Å². The minimum Gasteiger partial charge on any atom is -0.394 e. The number of nitrogens with two attached hydrogens (primary N) is 1. The minimum atomic E-state index is -0.998. The fourth-order valence-corrected chi connectivity index (χ4v) is 1.05. The predicted molar refractivity (Wildman–Crippen MR) is 55.2 cm³/mol. The van der Waals surface area contributed by atoms with Crippen molar-refractivity contribution in [1.29, 1.82) is 0 Å². The Balaban J connectivity index is 4.34. The standard InChI is InChI=1S/C9H20N2O4/c1-3-9(5-12,6-13)11-8(14)7(10)4-15-2/h7,12-13H,3-6,10H2,1-2H3,(H,11,14). The molecule has 0 aliphatic carbocycles. The second-order valence-corrected chi connectivity index (χ2v) is 3.50. The molecule has 1 amide bonds. The molecule has 0 aromatic carbocycles. The molecule has 0 aliphatic rings. The van der Waals surface area contributed by atoms with Crippen LogP contribution in [-0.4, -0.2) is 54.6 Å². The average Bonchev–Trinajstić information content (AvgIpc) is 2.26. The number of rotatable bonds is 7. The number of aliphatic hydroxyl groups excluding tert-OH is 2. The third kappa shape index (κ3) is 4.13. The lowest BCUT2D eigenvalue weighted by atomic mass is 9.98. The Labute approximate surface area is 89.4 Å². The molecule has 6 nitrogen and oxygen atoms in total. The van der Waals surface area contributed by atoms with E-state index in [1.165, 1.54) is 7.11 Å². The topological polar surface area (TPSA) is 105 Å². The average molecular weight is 220 g/mol. The van der Waals surface area contributed by atoms with Gasteiger partial charge in [-0.1, -0.05) is 6.92 Å². The monoisotopic (exact) mass is 220 g/mol. The maximum Gasteiger partial charge on any atom is 0.239 e. The van der Waals surface area contributed by atoms with Crippen LogP contribution in [0.4, 0.5) is 0 Å². The van der Waals surface area contributed by atoms with Gasteiger partial charge in [-0.15, -0.1) is 0 Å². The highest BCUT2D eigenvalue weighted by Gasteiger charge is 2.30. The summed E-state index contributed by atoms with van der Waals surface area (Å²) in [5, 5.41) is 20.7. The fraction of sp³-hybridized carbons (Fsp3) is 0.889. The molecule has 0 saturated heterocycles. The van der Waals surface area contributed by atoms with Crippen molar-refractivity contribution in [3.05, 3.63) is 0 Å². The molecule has 0 radical (unpaired) electrons. The van der Waals surface area contributed by atoms with Gasteiger partial charge in [-0.25, -0.2) is 0 Å². The predicted octanol–water partition coefficient (Wildman–Crippen LogP) is -1.79. The molecule has 90 valence electrons. The first-order valence-electron chi connectivity index (χ1n) is 4.83. The fourth-order valence-electron chi connectivity index (χ4n) is 1.05. The number of carbonyl (C=O) groups excluding carboxylic acids is 1. The van der Waals surface area contributed by atoms with E-state index in [0.717, 1.165) is 0 Å². The van der Waals surface area contributed by atoms with Crippen LogP contribution >= 0.6 is 0 Å². The van der Waals surface area contributed by atoms with Gasteiger partial charge in [-0.2, -0.15) is 0 Å². The molecule has 1 atom stereocenters. The molecule has 5 N–H and O–H groups in total. The van der Waals surface area contributed by atoms with E-state index in [0.29, 0.717) is 6.42 Å². The largest absolute Gasteiger partial charge is 0.394 e. The van der Waals surface area contributed by atoms with Crippen molar-refractivity contribution in [2.45, 2.75) is 24.9 Å². The summed E-state index contributed by atoms with van der Waals surface area (Å²) in [5.74, 6) is -0.443. The second-order valence-electron chi connectivity index (χ2n) is 3.50. The summed E-state index contributed by atoms with van der Waals surface area (Å²) in [5.41, 5.74) is 4.50. The van der Waals surface area contributed by atoms with Gasteiger partial charge in [0.25, 0.3) is 0 Å². The van der Waals surface area contributed by atoms with Gasteiger partial charge >= 0.3 is 0 Å². The third-order valence-electron chi connectivity index (χ3n) is 2.35. The quantitative estimate of drug-likeness (QED) is 0.405. The SMILES string of the molecule is CCC(CO)(CO)NC(=O)C(N)COC. The van der Waals surface area contributed by atoms with E-state index in [9.17, 15) is 4.79 Å². The highest BCUT2D eigenvalue weighted by molar-refractivity contribution is 5.82. The lowest BCUT2D eigenvalue weighted by Gasteiger charge is -2.30. The number of ether oxygens (including phenoxy) is 1. The maximum absolute atomic E-state index is 11.5. The van der Waals surface area contributed by atoms with Crippen LogP contribution in [0.25, 0.3) is 0 Å². The van der Waals surface area contributed by atoms with Crippen LogP contribution in [-0.2, 0) is 9.53 Å². The number of amides is 1. The molecule has 0 spiro atoms. The van der Waals surface area contributed by atoms with E-state index in [1.807, 2.05) is 0 Å². The summed E-state index contributed by atoms with van der Waals surface area (Å²) < 4.78 is 4.73. The van der Waals surface area contributed by atoms with Crippen LogP contribution in [0.1, 0.15) is 13.3 Å². The second kappa shape index (κ2) is 6.73. The number of aliphatic hydroxyl groups is 2. The molecular weight excluding hydrogens is 200 g/mol. The Morgan fingerprint density at radius 3 is 2.40 bits per heavy atom. The van der Waals surface area contributed by atoms with Gasteiger partial charge in [0.1, 0.15) is 6.04 Å². The number of methoxy groups -OCH3 is 1. The summed E-state index contributed by atoms with van der Waals surface area (Å²) in [6.07, 6.45) is 0.422. The zero-order valence-corrected chi connectivity index (χ0v) is 9.19. The summed E-state index contributed by atoms with van der Waals surface area (Å²) in [6, 6.07) is -0.793. The Kier molecular flexibility index (Phi) is 6.42. The molecule has 0 saturated carbocycles. The Morgan fingerprint density at radius 2 is 2.07 bits per heavy atom. The number of nitrogens with one attached hydrogen (secondary N) is 1. The van der Waals surface area contributed by atoms with Crippen LogP contribution in [0, 0.1) is 0 Å². The van der Waals surface area contributed by atoms with Crippen LogP contribution < -0.4 is 11.1 Å². The lowest BCUT2D eigenvalue weighted by Crippen LogP contribution is -2.58. The molecule has 0 aromatic heterocycles. The number of hydrogen-bond donors (Lipinski definition) is 4. The smallest absolute Gasteiger partial charge is 0.239 e. The number of hydrogen-bond acceptors (Lipinski definition) is 5. The van der Waals surface area contributed by atoms with Gasteiger partial charge in [-0.05, 0) is 6.42 Å². The first-order chi connectivity index (χ1) is 7.05. The maximum atomic E-state index is 11.5. The van der Waals surface area contributed by atoms with Crippen molar-refractivity contribution >= 4 is 5.91 Å². The van der Waals surface area contributed by atoms with E-state index in [-0.39, 0.29) is 19.8 Å². The van der Waals surface area contributed by atoms with Gasteiger partial charge in [0, 0.05) is 7.11 Å². The molecule has 0 fully saturated rings. The van der Waals surface area contributed by atoms with Gasteiger partial charge in [0.15, 0.2) is 0 Å². The third-order valence-corrected chi connectivity index (χ3v) is 2.35. The van der Waals surface area contributed by atoms with Crippen LogP contribution in [0.3, 0.4) is 0 Å². The zero-order valence-electron chi connectivity index (χ0n) is 9.19. The first kappa shape index (κ1) is 14.3. The normalized spacial score (nSPS) is 13.7. The van der Waals surface area contributed by atoms with Gasteiger partial charge in [0.05, 0.1) is 25.4 Å². The molecule has 0 aromatic rings. The minimum absolute atomic E-state index is 0.0997. The first-order valence-corrected chi connectivity index (χ1v) is 4.83. The van der Waals surface area contributed by atoms with Crippen molar-refractivity contribution in [3.63, 3.8) is 0 Å². The Bertz CT molecular complexity index is 186. The van der Waals surface area contributed by atoms with Gasteiger partial charge in [-0.3, -0.25) is 4.79 Å². The zero-order chi connectivity index (χ0) is 11.9. The Morgan fingerprint density at radius 1 is 1.53 bits per heavy atom. The summed E-state index contributed by atoms with van der Waals surface area (Å²) in [6.45, 7) is 1.20. The van der Waals surface area contributed by atoms with Gasteiger partial charge in [0.2, 0.25) is 5.91 Å². The molecule has 6 heteroatoms. The van der Waals surface area contributed by atoms with E-state index in [4.69, 9.17) is 20.7 Å². The summed E-state index contributed by atoms with van der Waals surface area (Å²) in [7, 11) is 1.44.